The first-order chi connectivity index (χ1) is 19.9. The second-order valence-corrected chi connectivity index (χ2v) is 12.4. The number of rotatable bonds is 7. The van der Waals surface area contributed by atoms with Gasteiger partial charge in [0.05, 0.1) is 16.4 Å². The summed E-state index contributed by atoms with van der Waals surface area (Å²) in [6, 6.07) is 19.4. The van der Waals surface area contributed by atoms with E-state index in [9.17, 15) is 4.79 Å². The highest BCUT2D eigenvalue weighted by Gasteiger charge is 2.16. The minimum atomic E-state index is -0.445. The zero-order valence-electron chi connectivity index (χ0n) is 22.6. The number of aromatic nitrogens is 2. The van der Waals surface area contributed by atoms with E-state index in [1.54, 1.807) is 12.3 Å². The molecule has 3 heterocycles. The Labute approximate surface area is 252 Å². The number of fused-ring (bicyclic) bond motifs is 2. The Morgan fingerprint density at radius 3 is 2.76 bits per heavy atom. The number of para-hydroxylation sites is 1. The third kappa shape index (κ3) is 6.57. The Kier molecular flexibility index (Phi) is 8.25. The van der Waals surface area contributed by atoms with Crippen molar-refractivity contribution in [2.24, 2.45) is 11.0 Å². The molecular weight excluding hydrogens is 575 g/mol. The van der Waals surface area contributed by atoms with Gasteiger partial charge < -0.3 is 4.57 Å². The van der Waals surface area contributed by atoms with Crippen molar-refractivity contribution in [3.05, 3.63) is 93.6 Å². The molecule has 210 valence electrons. The molecule has 0 saturated carbocycles. The fourth-order valence-electron chi connectivity index (χ4n) is 5.23. The quantitative estimate of drug-likeness (QED) is 0.146. The molecule has 0 atom stereocenters. The molecule has 1 saturated heterocycles. The molecule has 2 amide bonds. The van der Waals surface area contributed by atoms with Gasteiger partial charge >= 0.3 is 6.03 Å². The molecule has 7 nitrogen and oxygen atoms in total. The van der Waals surface area contributed by atoms with Gasteiger partial charge in [-0.3, -0.25) is 10.2 Å². The monoisotopic (exact) mass is 604 g/mol. The maximum absolute atomic E-state index is 12.6. The summed E-state index contributed by atoms with van der Waals surface area (Å²) in [7, 11) is 0. The predicted molar refractivity (Wildman–Crippen MR) is 171 cm³/mol. The number of anilines is 1. The summed E-state index contributed by atoms with van der Waals surface area (Å²) in [5, 5.41) is 9.79. The van der Waals surface area contributed by atoms with Gasteiger partial charge in [-0.1, -0.05) is 71.8 Å². The van der Waals surface area contributed by atoms with E-state index in [0.717, 1.165) is 57.8 Å². The van der Waals surface area contributed by atoms with Gasteiger partial charge in [0, 0.05) is 45.8 Å². The minimum Gasteiger partial charge on any atom is -0.342 e. The lowest BCUT2D eigenvalue weighted by molar-refractivity contribution is 0.185. The number of hydrazone groups is 1. The predicted octanol–water partition coefficient (Wildman–Crippen LogP) is 7.99. The van der Waals surface area contributed by atoms with Crippen LogP contribution in [0.15, 0.2) is 72.0 Å². The van der Waals surface area contributed by atoms with Crippen LogP contribution in [-0.2, 0) is 13.1 Å². The average Bonchev–Trinajstić information content (AvgIpc) is 3.52. The number of urea groups is 1. The summed E-state index contributed by atoms with van der Waals surface area (Å²) in [5.41, 5.74) is 7.58. The summed E-state index contributed by atoms with van der Waals surface area (Å²) < 4.78 is 3.16. The van der Waals surface area contributed by atoms with E-state index >= 15 is 0 Å². The Hall–Kier alpha value is -3.43. The van der Waals surface area contributed by atoms with E-state index < -0.39 is 6.03 Å². The highest BCUT2D eigenvalue weighted by molar-refractivity contribution is 7.22. The molecule has 1 fully saturated rings. The number of amides is 2. The lowest BCUT2D eigenvalue weighted by Crippen LogP contribution is -2.32. The number of hydrogen-bond donors (Lipinski definition) is 2. The van der Waals surface area contributed by atoms with Crippen LogP contribution in [0.4, 0.5) is 9.93 Å². The lowest BCUT2D eigenvalue weighted by Gasteiger charge is -2.30. The highest BCUT2D eigenvalue weighted by Crippen LogP contribution is 2.28. The minimum absolute atomic E-state index is 0.445. The van der Waals surface area contributed by atoms with Crippen LogP contribution >= 0.6 is 34.5 Å². The third-order valence-electron chi connectivity index (χ3n) is 7.50. The molecule has 41 heavy (non-hydrogen) atoms. The van der Waals surface area contributed by atoms with Gasteiger partial charge in [0.25, 0.3) is 0 Å². The molecule has 0 radical (unpaired) electrons. The van der Waals surface area contributed by atoms with E-state index in [2.05, 4.69) is 49.4 Å². The van der Waals surface area contributed by atoms with Gasteiger partial charge in [0.2, 0.25) is 0 Å². The Bertz CT molecular complexity index is 1740. The molecule has 1 aliphatic rings. The number of piperidine rings is 1. The van der Waals surface area contributed by atoms with E-state index in [1.165, 1.54) is 29.7 Å². The Morgan fingerprint density at radius 2 is 1.93 bits per heavy atom. The van der Waals surface area contributed by atoms with Crippen LogP contribution in [0.2, 0.25) is 10.0 Å². The standard InChI is InChI=1S/C31H30Cl2N6OS/c1-20-10-12-38(13-11-20)17-21-6-9-27-29(14-21)41-31(35-27)36-30(40)37-34-16-23-19-39(28-5-3-2-4-25(23)28)18-22-7-8-24(32)15-26(22)33/h2-9,14-16,19-20H,10-13,17-18H2,1H3,(H2,35,36,37,40)/b34-16+. The molecule has 0 bridgehead atoms. The fourth-order valence-corrected chi connectivity index (χ4v) is 6.62. The molecular formula is C31H30Cl2N6OS. The topological polar surface area (TPSA) is 74.6 Å². The first kappa shape index (κ1) is 27.7. The van der Waals surface area contributed by atoms with Crippen molar-refractivity contribution < 1.29 is 4.79 Å². The number of benzene rings is 3. The van der Waals surface area contributed by atoms with Crippen LogP contribution in [0.1, 0.15) is 36.5 Å². The average molecular weight is 606 g/mol. The zero-order chi connectivity index (χ0) is 28.3. The third-order valence-corrected chi connectivity index (χ3v) is 9.02. The van der Waals surface area contributed by atoms with Gasteiger partial charge in [-0.15, -0.1) is 0 Å². The number of nitrogens with one attached hydrogen (secondary N) is 2. The van der Waals surface area contributed by atoms with Gasteiger partial charge in [-0.2, -0.15) is 5.10 Å². The number of carbonyl (C=O) groups excluding carboxylic acids is 1. The van der Waals surface area contributed by atoms with E-state index in [-0.39, 0.29) is 0 Å². The number of likely N-dealkylation sites (tertiary alicyclic amines) is 1. The first-order valence-electron chi connectivity index (χ1n) is 13.6. The number of nitrogens with zero attached hydrogens (tertiary/aromatic N) is 4. The molecule has 1 aliphatic heterocycles. The number of thiazole rings is 1. The molecule has 3 aromatic carbocycles. The molecule has 5 aromatic rings. The van der Waals surface area contributed by atoms with Gasteiger partial charge in [0.15, 0.2) is 5.13 Å². The van der Waals surface area contributed by atoms with E-state index in [0.29, 0.717) is 21.7 Å². The Balaban J connectivity index is 1.10. The first-order valence-corrected chi connectivity index (χ1v) is 15.2. The molecule has 2 N–H and O–H groups in total. The molecule has 0 spiro atoms. The van der Waals surface area contributed by atoms with Crippen molar-refractivity contribution in [3.63, 3.8) is 0 Å². The second-order valence-electron chi connectivity index (χ2n) is 10.6. The van der Waals surface area contributed by atoms with Crippen molar-refractivity contribution in [1.29, 1.82) is 0 Å². The SMILES string of the molecule is CC1CCN(Cc2ccc3nc(NC(=O)N/N=C/c4cn(Cc5ccc(Cl)cc5Cl)c5ccccc45)sc3c2)CC1. The van der Waals surface area contributed by atoms with Crippen LogP contribution in [-0.4, -0.2) is 39.8 Å². The smallest absolute Gasteiger partial charge is 0.341 e. The van der Waals surface area contributed by atoms with Crippen molar-refractivity contribution in [2.75, 3.05) is 18.4 Å². The number of carbonyl (C=O) groups is 1. The number of hydrogen-bond acceptors (Lipinski definition) is 5. The number of halogens is 2. The summed E-state index contributed by atoms with van der Waals surface area (Å²) in [6.45, 7) is 6.14. The van der Waals surface area contributed by atoms with Crippen LogP contribution < -0.4 is 10.7 Å². The van der Waals surface area contributed by atoms with E-state index in [4.69, 9.17) is 23.2 Å². The molecule has 10 heteroatoms. The van der Waals surface area contributed by atoms with Crippen molar-refractivity contribution in [2.45, 2.75) is 32.9 Å². The summed E-state index contributed by atoms with van der Waals surface area (Å²) in [6.07, 6.45) is 6.16. The van der Waals surface area contributed by atoms with Gasteiger partial charge in [0.1, 0.15) is 0 Å². The van der Waals surface area contributed by atoms with Crippen molar-refractivity contribution in [3.8, 4) is 0 Å². The summed E-state index contributed by atoms with van der Waals surface area (Å²) >= 11 is 13.9. The lowest BCUT2D eigenvalue weighted by atomic mass is 9.99. The van der Waals surface area contributed by atoms with Crippen LogP contribution in [0.25, 0.3) is 21.1 Å². The van der Waals surface area contributed by atoms with Crippen LogP contribution in [0.3, 0.4) is 0 Å². The van der Waals surface area contributed by atoms with Crippen molar-refractivity contribution in [1.82, 2.24) is 19.9 Å². The largest absolute Gasteiger partial charge is 0.342 e. The normalized spacial score (nSPS) is 14.8. The van der Waals surface area contributed by atoms with Gasteiger partial charge in [-0.05, 0) is 73.3 Å². The van der Waals surface area contributed by atoms with Crippen molar-refractivity contribution >= 4 is 73.0 Å². The summed E-state index contributed by atoms with van der Waals surface area (Å²) in [5.74, 6) is 0.819. The molecule has 0 unspecified atom stereocenters. The zero-order valence-corrected chi connectivity index (χ0v) is 24.9. The molecule has 6 rings (SSSR count). The van der Waals surface area contributed by atoms with Crippen LogP contribution in [0.5, 0.6) is 0 Å². The maximum Gasteiger partial charge on any atom is 0.341 e. The van der Waals surface area contributed by atoms with Gasteiger partial charge in [-0.25, -0.2) is 15.2 Å². The highest BCUT2D eigenvalue weighted by atomic mass is 35.5. The molecule has 0 aliphatic carbocycles. The molecule has 2 aromatic heterocycles. The fraction of sp³-hybridized carbons (Fsp3) is 0.258. The summed E-state index contributed by atoms with van der Waals surface area (Å²) in [4.78, 5) is 19.7. The van der Waals surface area contributed by atoms with Crippen LogP contribution in [0, 0.1) is 5.92 Å². The second kappa shape index (κ2) is 12.2. The van der Waals surface area contributed by atoms with E-state index in [1.807, 2.05) is 48.7 Å². The maximum atomic E-state index is 12.6. The Morgan fingerprint density at radius 1 is 1.10 bits per heavy atom.